The van der Waals surface area contributed by atoms with Crippen LogP contribution in [0.1, 0.15) is 18.4 Å². The molecule has 0 spiro atoms. The molecule has 0 aliphatic rings. The summed E-state index contributed by atoms with van der Waals surface area (Å²) in [5.41, 5.74) is 8.30. The Labute approximate surface area is 118 Å². The first-order valence-electron chi connectivity index (χ1n) is 5.79. The van der Waals surface area contributed by atoms with Crippen LogP contribution < -0.4 is 5.32 Å². The van der Waals surface area contributed by atoms with Crippen LogP contribution in [0.15, 0.2) is 29.4 Å². The van der Waals surface area contributed by atoms with E-state index in [4.69, 9.17) is 5.53 Å². The van der Waals surface area contributed by atoms with E-state index in [0.29, 0.717) is 5.56 Å². The number of non-ortho nitro benzene ring substituents is 1. The van der Waals surface area contributed by atoms with Gasteiger partial charge in [-0.05, 0) is 11.1 Å². The zero-order valence-corrected chi connectivity index (χ0v) is 11.0. The third kappa shape index (κ3) is 4.42. The van der Waals surface area contributed by atoms with Crippen molar-refractivity contribution in [1.29, 1.82) is 0 Å². The summed E-state index contributed by atoms with van der Waals surface area (Å²) in [6.45, 7) is 0.835. The van der Waals surface area contributed by atoms with Crippen molar-refractivity contribution in [2.24, 2.45) is 5.11 Å². The van der Waals surface area contributed by atoms with E-state index in [1.54, 1.807) is 0 Å². The third-order valence-corrected chi connectivity index (χ3v) is 2.81. The van der Waals surface area contributed by atoms with E-state index in [2.05, 4.69) is 10.0 Å². The van der Waals surface area contributed by atoms with Gasteiger partial charge in [-0.2, -0.15) is 0 Å². The second-order valence-electron chi connectivity index (χ2n) is 4.23. The van der Waals surface area contributed by atoms with Crippen LogP contribution >= 0.6 is 0 Å². The number of nitro benzene ring substituents is 1. The number of carbonyl (C=O) groups is 1. The molecule has 112 valence electrons. The number of nitrogens with one attached hydrogen (secondary N) is 1. The van der Waals surface area contributed by atoms with E-state index in [1.165, 1.54) is 31.2 Å². The highest BCUT2D eigenvalue weighted by Gasteiger charge is 2.34. The molecule has 21 heavy (non-hydrogen) atoms. The molecule has 1 aromatic carbocycles. The van der Waals surface area contributed by atoms with Gasteiger partial charge in [0.2, 0.25) is 5.91 Å². The lowest BCUT2D eigenvalue weighted by Gasteiger charge is -2.29. The maximum atomic E-state index is 11.3. The van der Waals surface area contributed by atoms with Gasteiger partial charge in [-0.25, -0.2) is 0 Å². The molecule has 0 saturated heterocycles. The summed E-state index contributed by atoms with van der Waals surface area (Å²) in [5.74, 6) is -4.42. The van der Waals surface area contributed by atoms with Crippen LogP contribution in [-0.2, 0) is 4.79 Å². The third-order valence-electron chi connectivity index (χ3n) is 2.81. The molecular weight excluding hydrogens is 282 g/mol. The predicted molar refractivity (Wildman–Crippen MR) is 70.8 cm³/mol. The van der Waals surface area contributed by atoms with Crippen molar-refractivity contribution in [3.63, 3.8) is 0 Å². The van der Waals surface area contributed by atoms with Crippen LogP contribution in [0.3, 0.4) is 0 Å². The second-order valence-corrected chi connectivity index (χ2v) is 4.23. The van der Waals surface area contributed by atoms with E-state index in [9.17, 15) is 25.1 Å². The molecule has 3 N–H and O–H groups in total. The zero-order valence-electron chi connectivity index (χ0n) is 11.0. The van der Waals surface area contributed by atoms with E-state index < -0.39 is 29.2 Å². The van der Waals surface area contributed by atoms with Crippen molar-refractivity contribution in [3.8, 4) is 0 Å². The number of nitro groups is 1. The van der Waals surface area contributed by atoms with Crippen LogP contribution in [0.25, 0.3) is 10.4 Å². The Morgan fingerprint density at radius 2 is 2.10 bits per heavy atom. The van der Waals surface area contributed by atoms with Crippen LogP contribution in [0.2, 0.25) is 0 Å². The fourth-order valence-corrected chi connectivity index (χ4v) is 1.57. The minimum Gasteiger partial charge on any atom is -0.348 e. The molecule has 0 aliphatic carbocycles. The van der Waals surface area contributed by atoms with E-state index in [1.807, 2.05) is 5.32 Å². The van der Waals surface area contributed by atoms with Gasteiger partial charge in [-0.3, -0.25) is 14.9 Å². The number of amides is 1. The number of benzene rings is 1. The van der Waals surface area contributed by atoms with Crippen LogP contribution in [0, 0.1) is 10.1 Å². The number of carbonyl (C=O) groups excluding carboxylic acids is 1. The van der Waals surface area contributed by atoms with Crippen LogP contribution in [0.4, 0.5) is 5.69 Å². The lowest BCUT2D eigenvalue weighted by Crippen LogP contribution is -2.52. The van der Waals surface area contributed by atoms with Crippen LogP contribution in [0.5, 0.6) is 0 Å². The highest BCUT2D eigenvalue weighted by atomic mass is 16.6. The lowest BCUT2D eigenvalue weighted by atomic mass is 9.97. The van der Waals surface area contributed by atoms with Gasteiger partial charge < -0.3 is 15.5 Å². The van der Waals surface area contributed by atoms with Crippen molar-refractivity contribution in [3.05, 3.63) is 50.4 Å². The Morgan fingerprint density at radius 3 is 2.57 bits per heavy atom. The number of hydrogen-bond donors (Lipinski definition) is 3. The molecule has 10 nitrogen and oxygen atoms in total. The molecule has 1 atom stereocenters. The van der Waals surface area contributed by atoms with Crippen LogP contribution in [-0.4, -0.2) is 33.5 Å². The monoisotopic (exact) mass is 295 g/mol. The van der Waals surface area contributed by atoms with Gasteiger partial charge in [-0.15, -0.1) is 0 Å². The van der Waals surface area contributed by atoms with Crippen molar-refractivity contribution in [2.75, 3.05) is 6.54 Å². The van der Waals surface area contributed by atoms with Gasteiger partial charge in [0.15, 0.2) is 0 Å². The first-order valence-corrected chi connectivity index (χ1v) is 5.79. The highest BCUT2D eigenvalue weighted by Crippen LogP contribution is 2.25. The molecule has 0 fully saturated rings. The quantitative estimate of drug-likeness (QED) is 0.176. The number of aliphatic hydroxyl groups is 2. The van der Waals surface area contributed by atoms with Gasteiger partial charge in [0.1, 0.15) is 6.54 Å². The predicted octanol–water partition coefficient (Wildman–Crippen LogP) is 0.763. The molecule has 0 heterocycles. The minimum absolute atomic E-state index is 0.139. The van der Waals surface area contributed by atoms with Gasteiger partial charge in [-0.1, -0.05) is 24.2 Å². The van der Waals surface area contributed by atoms with Gasteiger partial charge in [0.05, 0.1) is 10.8 Å². The normalized spacial score (nSPS) is 12.1. The maximum absolute atomic E-state index is 11.3. The van der Waals surface area contributed by atoms with Crippen molar-refractivity contribution in [1.82, 2.24) is 5.32 Å². The largest absolute Gasteiger partial charge is 0.348 e. The summed E-state index contributed by atoms with van der Waals surface area (Å²) >= 11 is 0. The topological polar surface area (TPSA) is 161 Å². The molecule has 0 aromatic heterocycles. The SMILES string of the molecule is CC(c1ccc([N+](=O)[O-])cc1)C(O)(O)NC(=O)CN=[N+]=[N-]. The number of rotatable bonds is 6. The van der Waals surface area contributed by atoms with Gasteiger partial charge >= 0.3 is 0 Å². The molecule has 0 saturated carbocycles. The molecule has 10 heteroatoms. The van der Waals surface area contributed by atoms with E-state index in [0.717, 1.165) is 0 Å². The summed E-state index contributed by atoms with van der Waals surface area (Å²) in [4.78, 5) is 23.6. The Balaban J connectivity index is 2.84. The Kier molecular flexibility index (Phi) is 5.19. The van der Waals surface area contributed by atoms with Gasteiger partial charge in [0, 0.05) is 17.0 Å². The standard InChI is InChI=1S/C11H13N5O5/c1-7(8-2-4-9(5-3-8)16(20)21)11(18,19)14-10(17)6-13-15-12/h2-5,7,18-19H,6H2,1H3,(H,14,17). The van der Waals surface area contributed by atoms with Crippen molar-refractivity contribution < 1.29 is 19.9 Å². The first kappa shape index (κ1) is 16.4. The molecular formula is C11H13N5O5. The average Bonchev–Trinajstić information content (AvgIpc) is 2.43. The first-order chi connectivity index (χ1) is 9.77. The fraction of sp³-hybridized carbons (Fsp3) is 0.364. The van der Waals surface area contributed by atoms with E-state index in [-0.39, 0.29) is 5.69 Å². The Morgan fingerprint density at radius 1 is 1.52 bits per heavy atom. The number of hydrogen-bond acceptors (Lipinski definition) is 6. The average molecular weight is 295 g/mol. The zero-order chi connectivity index (χ0) is 16.0. The Hall–Kier alpha value is -2.68. The van der Waals surface area contributed by atoms with Crippen molar-refractivity contribution in [2.45, 2.75) is 18.8 Å². The number of azide groups is 1. The summed E-state index contributed by atoms with van der Waals surface area (Å²) in [6, 6.07) is 5.13. The molecule has 0 radical (unpaired) electrons. The molecule has 1 unspecified atom stereocenters. The summed E-state index contributed by atoms with van der Waals surface area (Å²) in [6.07, 6.45) is 0. The molecule has 1 amide bonds. The fourth-order valence-electron chi connectivity index (χ4n) is 1.57. The summed E-state index contributed by atoms with van der Waals surface area (Å²) in [5, 5.41) is 35.1. The molecule has 0 aliphatic heterocycles. The van der Waals surface area contributed by atoms with Gasteiger partial charge in [0.25, 0.3) is 11.6 Å². The highest BCUT2D eigenvalue weighted by molar-refractivity contribution is 5.78. The Bertz CT molecular complexity index is 579. The molecule has 1 aromatic rings. The molecule has 0 bridgehead atoms. The lowest BCUT2D eigenvalue weighted by molar-refractivity contribution is -0.384. The molecule has 1 rings (SSSR count). The number of nitrogens with zero attached hydrogens (tertiary/aromatic N) is 4. The maximum Gasteiger partial charge on any atom is 0.269 e. The summed E-state index contributed by atoms with van der Waals surface area (Å²) < 4.78 is 0. The van der Waals surface area contributed by atoms with E-state index >= 15 is 0 Å². The minimum atomic E-state index is -2.59. The summed E-state index contributed by atoms with van der Waals surface area (Å²) in [7, 11) is 0. The van der Waals surface area contributed by atoms with Crippen molar-refractivity contribution >= 4 is 11.6 Å². The smallest absolute Gasteiger partial charge is 0.269 e. The second kappa shape index (κ2) is 6.66.